The van der Waals surface area contributed by atoms with Crippen molar-refractivity contribution in [2.24, 2.45) is 14.1 Å². The summed E-state index contributed by atoms with van der Waals surface area (Å²) in [5.41, 5.74) is 1.47. The Bertz CT molecular complexity index is 967. The van der Waals surface area contributed by atoms with E-state index >= 15 is 0 Å². The first-order valence-electron chi connectivity index (χ1n) is 8.24. The molecule has 1 aliphatic rings. The highest BCUT2D eigenvalue weighted by Crippen LogP contribution is 2.29. The lowest BCUT2D eigenvalue weighted by Gasteiger charge is -2.28. The molecule has 0 bridgehead atoms. The van der Waals surface area contributed by atoms with Crippen molar-refractivity contribution in [1.29, 1.82) is 5.26 Å². The lowest BCUT2D eigenvalue weighted by molar-refractivity contribution is 0.657. The maximum absolute atomic E-state index is 12.1. The third-order valence-electron chi connectivity index (χ3n) is 4.80. The molecule has 0 unspecified atom stereocenters. The summed E-state index contributed by atoms with van der Waals surface area (Å²) in [5.74, 6) is 0.273. The highest BCUT2D eigenvalue weighted by molar-refractivity contribution is 5.59. The average Bonchev–Trinajstić information content (AvgIpc) is 3.05. The number of hydrogen-bond donors (Lipinski definition) is 1. The van der Waals surface area contributed by atoms with Crippen molar-refractivity contribution >= 4 is 11.5 Å². The van der Waals surface area contributed by atoms with E-state index in [9.17, 15) is 14.9 Å². The van der Waals surface area contributed by atoms with Gasteiger partial charge in [-0.3, -0.25) is 13.9 Å². The lowest BCUT2D eigenvalue weighted by Crippen LogP contribution is -2.42. The molecule has 7 heteroatoms. The van der Waals surface area contributed by atoms with E-state index < -0.39 is 11.2 Å². The van der Waals surface area contributed by atoms with Crippen molar-refractivity contribution < 1.29 is 0 Å². The van der Waals surface area contributed by atoms with Gasteiger partial charge in [0.1, 0.15) is 11.9 Å². The molecule has 1 aromatic heterocycles. The van der Waals surface area contributed by atoms with Crippen LogP contribution in [0.2, 0.25) is 0 Å². The summed E-state index contributed by atoms with van der Waals surface area (Å²) < 4.78 is 2.26. The van der Waals surface area contributed by atoms with Gasteiger partial charge in [0.05, 0.1) is 0 Å². The van der Waals surface area contributed by atoms with Gasteiger partial charge in [0.15, 0.2) is 5.56 Å². The Morgan fingerprint density at radius 1 is 1.24 bits per heavy atom. The third-order valence-corrected chi connectivity index (χ3v) is 4.80. The maximum Gasteiger partial charge on any atom is 0.332 e. The molecule has 2 aromatic rings. The largest absolute Gasteiger partial charge is 0.368 e. The third kappa shape index (κ3) is 2.80. The normalized spacial score (nSPS) is 14.1. The first kappa shape index (κ1) is 16.8. The van der Waals surface area contributed by atoms with Crippen LogP contribution < -0.4 is 21.5 Å². The Hall–Kier alpha value is -3.01. The molecular weight excluding hydrogens is 318 g/mol. The van der Waals surface area contributed by atoms with Gasteiger partial charge in [-0.05, 0) is 25.0 Å². The summed E-state index contributed by atoms with van der Waals surface area (Å²) in [5, 5.41) is 12.5. The Balaban J connectivity index is 1.85. The van der Waals surface area contributed by atoms with Crippen molar-refractivity contribution in [3.63, 3.8) is 0 Å². The fourth-order valence-electron chi connectivity index (χ4n) is 3.33. The van der Waals surface area contributed by atoms with Crippen molar-refractivity contribution in [1.82, 2.24) is 9.13 Å². The molecule has 0 saturated heterocycles. The number of nitrogens with zero attached hydrogens (tertiary/aromatic N) is 4. The summed E-state index contributed by atoms with van der Waals surface area (Å²) in [6.45, 7) is 3.53. The van der Waals surface area contributed by atoms with Gasteiger partial charge in [-0.25, -0.2) is 4.79 Å². The van der Waals surface area contributed by atoms with Gasteiger partial charge in [0.25, 0.3) is 5.56 Å². The summed E-state index contributed by atoms with van der Waals surface area (Å²) >= 11 is 0. The molecule has 1 aromatic carbocycles. The molecule has 7 nitrogen and oxygen atoms in total. The molecule has 1 aliphatic heterocycles. The van der Waals surface area contributed by atoms with E-state index in [0.29, 0.717) is 6.54 Å². The Morgan fingerprint density at radius 3 is 2.68 bits per heavy atom. The fraction of sp³-hybridized carbons (Fsp3) is 0.389. The number of rotatable bonds is 4. The minimum absolute atomic E-state index is 0.0429. The van der Waals surface area contributed by atoms with E-state index in [2.05, 4.69) is 29.3 Å². The first-order chi connectivity index (χ1) is 12.0. The van der Waals surface area contributed by atoms with Crippen LogP contribution in [0.5, 0.6) is 0 Å². The second kappa shape index (κ2) is 6.48. The molecule has 0 amide bonds. The first-order valence-corrected chi connectivity index (χ1v) is 8.24. The van der Waals surface area contributed by atoms with Gasteiger partial charge in [-0.15, -0.1) is 0 Å². The zero-order chi connectivity index (χ0) is 18.1. The summed E-state index contributed by atoms with van der Waals surface area (Å²) in [4.78, 5) is 26.5. The molecule has 0 radical (unpaired) electrons. The number of aromatic nitrogens is 2. The van der Waals surface area contributed by atoms with Gasteiger partial charge < -0.3 is 10.2 Å². The molecule has 0 aliphatic carbocycles. The van der Waals surface area contributed by atoms with Gasteiger partial charge in [-0.1, -0.05) is 18.2 Å². The number of fused-ring (bicyclic) bond motifs is 1. The molecule has 0 fully saturated rings. The van der Waals surface area contributed by atoms with Crippen LogP contribution in [0.25, 0.3) is 0 Å². The molecule has 2 heterocycles. The van der Waals surface area contributed by atoms with Crippen LogP contribution in [0.3, 0.4) is 0 Å². The summed E-state index contributed by atoms with van der Waals surface area (Å²) in [6.07, 6.45) is 1.01. The number of hydrogen-bond acceptors (Lipinski definition) is 5. The summed E-state index contributed by atoms with van der Waals surface area (Å²) in [7, 11) is 2.93. The zero-order valence-corrected chi connectivity index (χ0v) is 14.6. The predicted molar refractivity (Wildman–Crippen MR) is 97.1 cm³/mol. The molecule has 130 valence electrons. The second-order valence-electron chi connectivity index (χ2n) is 6.34. The minimum atomic E-state index is -0.577. The molecule has 3 rings (SSSR count). The Morgan fingerprint density at radius 2 is 1.96 bits per heavy atom. The maximum atomic E-state index is 12.1. The topological polar surface area (TPSA) is 83.1 Å². The van der Waals surface area contributed by atoms with Crippen molar-refractivity contribution in [2.75, 3.05) is 23.3 Å². The predicted octanol–water partition coefficient (Wildman–Crippen LogP) is 0.819. The summed E-state index contributed by atoms with van der Waals surface area (Å²) in [6, 6.07) is 10.4. The molecule has 0 saturated carbocycles. The van der Waals surface area contributed by atoms with Crippen LogP contribution in [-0.2, 0) is 20.5 Å². The van der Waals surface area contributed by atoms with E-state index in [1.165, 1.54) is 22.9 Å². The SMILES string of the molecule is C[C@H](CNc1c(C#N)c(=O)n(C)c(=O)n1C)N1CCc2ccccc21. The van der Waals surface area contributed by atoms with E-state index in [1.807, 2.05) is 18.2 Å². The smallest absolute Gasteiger partial charge is 0.332 e. The van der Waals surface area contributed by atoms with Crippen LogP contribution in [0, 0.1) is 11.3 Å². The van der Waals surface area contributed by atoms with Gasteiger partial charge in [0.2, 0.25) is 0 Å². The van der Waals surface area contributed by atoms with Crippen LogP contribution in [0.1, 0.15) is 18.1 Å². The van der Waals surface area contributed by atoms with Crippen molar-refractivity contribution in [3.8, 4) is 6.07 Å². The molecule has 25 heavy (non-hydrogen) atoms. The average molecular weight is 339 g/mol. The standard InChI is InChI=1S/C18H21N5O2/c1-12(23-9-8-13-6-4-5-7-15(13)23)11-20-16-14(10-19)17(24)22(3)18(25)21(16)2/h4-7,12,20H,8-9,11H2,1-3H3/t12-/m1/s1. The van der Waals surface area contributed by atoms with Crippen LogP contribution in [0.4, 0.5) is 11.5 Å². The van der Waals surface area contributed by atoms with Gasteiger partial charge in [0, 0.05) is 38.9 Å². The molecule has 0 spiro atoms. The van der Waals surface area contributed by atoms with Crippen LogP contribution in [-0.4, -0.2) is 28.3 Å². The van der Waals surface area contributed by atoms with Crippen molar-refractivity contribution in [2.45, 2.75) is 19.4 Å². The van der Waals surface area contributed by atoms with Crippen LogP contribution >= 0.6 is 0 Å². The number of benzene rings is 1. The second-order valence-corrected chi connectivity index (χ2v) is 6.34. The van der Waals surface area contributed by atoms with Gasteiger partial charge in [-0.2, -0.15) is 5.26 Å². The highest BCUT2D eigenvalue weighted by Gasteiger charge is 2.23. The molecule has 1 atom stereocenters. The monoisotopic (exact) mass is 339 g/mol. The quantitative estimate of drug-likeness (QED) is 0.892. The number of nitrogens with one attached hydrogen (secondary N) is 1. The van der Waals surface area contributed by atoms with Crippen molar-refractivity contribution in [3.05, 3.63) is 56.2 Å². The van der Waals surface area contributed by atoms with E-state index in [1.54, 1.807) is 7.05 Å². The fourth-order valence-corrected chi connectivity index (χ4v) is 3.33. The number of nitriles is 1. The van der Waals surface area contributed by atoms with Crippen LogP contribution in [0.15, 0.2) is 33.9 Å². The Kier molecular flexibility index (Phi) is 4.36. The minimum Gasteiger partial charge on any atom is -0.368 e. The Labute approximate surface area is 145 Å². The van der Waals surface area contributed by atoms with E-state index in [4.69, 9.17) is 0 Å². The highest BCUT2D eigenvalue weighted by atomic mass is 16.2. The van der Waals surface area contributed by atoms with E-state index in [-0.39, 0.29) is 17.4 Å². The molecule has 1 N–H and O–H groups in total. The lowest BCUT2D eigenvalue weighted by atomic mass is 10.2. The number of anilines is 2. The number of para-hydroxylation sites is 1. The van der Waals surface area contributed by atoms with E-state index in [0.717, 1.165) is 17.5 Å². The zero-order valence-electron chi connectivity index (χ0n) is 14.6. The molecular formula is C18H21N5O2. The van der Waals surface area contributed by atoms with Gasteiger partial charge >= 0.3 is 5.69 Å².